The fourth-order valence-corrected chi connectivity index (χ4v) is 3.70. The van der Waals surface area contributed by atoms with E-state index in [1.54, 1.807) is 6.08 Å². The Labute approximate surface area is 153 Å². The van der Waals surface area contributed by atoms with Gasteiger partial charge >= 0.3 is 5.97 Å². The van der Waals surface area contributed by atoms with Gasteiger partial charge in [-0.15, -0.1) is 0 Å². The minimum atomic E-state index is -0.889. The molecule has 1 saturated carbocycles. The Balaban J connectivity index is 2.27. The third-order valence-electron chi connectivity index (χ3n) is 5.31. The topological polar surface area (TPSA) is 54.4 Å². The number of allylic oxidation sites excluding steroid dienone is 3. The lowest BCUT2D eigenvalue weighted by Crippen LogP contribution is -2.13. The molecule has 0 aromatic rings. The number of hydrogen-bond donors (Lipinski definition) is 1. The lowest BCUT2D eigenvalue weighted by molar-refractivity contribution is -0.131. The van der Waals surface area contributed by atoms with Crippen LogP contribution in [0.5, 0.6) is 0 Å². The molecule has 1 aliphatic carbocycles. The molecule has 1 rings (SSSR count). The summed E-state index contributed by atoms with van der Waals surface area (Å²) in [5.41, 5.74) is 0. The summed E-state index contributed by atoms with van der Waals surface area (Å²) >= 11 is 0. The van der Waals surface area contributed by atoms with Crippen molar-refractivity contribution in [2.75, 3.05) is 0 Å². The Morgan fingerprint density at radius 2 is 2.00 bits per heavy atom. The van der Waals surface area contributed by atoms with Gasteiger partial charge in [0.2, 0.25) is 0 Å². The van der Waals surface area contributed by atoms with Crippen molar-refractivity contribution in [3.63, 3.8) is 0 Å². The lowest BCUT2D eigenvalue weighted by atomic mass is 9.89. The van der Waals surface area contributed by atoms with Gasteiger partial charge in [-0.3, -0.25) is 4.79 Å². The summed E-state index contributed by atoms with van der Waals surface area (Å²) in [6.07, 6.45) is 19.2. The number of Topliss-reactive ketones (excluding diaryl/α,β-unsaturated/α-hetero) is 1. The van der Waals surface area contributed by atoms with Crippen molar-refractivity contribution in [3.05, 3.63) is 24.3 Å². The van der Waals surface area contributed by atoms with Crippen LogP contribution in [-0.2, 0) is 9.59 Å². The van der Waals surface area contributed by atoms with E-state index in [2.05, 4.69) is 26.0 Å². The molecule has 1 N–H and O–H groups in total. The number of carboxylic acids is 1. The first-order valence-electron chi connectivity index (χ1n) is 10.1. The number of rotatable bonds is 13. The van der Waals surface area contributed by atoms with Gasteiger partial charge in [-0.05, 0) is 50.4 Å². The predicted molar refractivity (Wildman–Crippen MR) is 104 cm³/mol. The number of unbranched alkanes of at least 4 members (excludes halogenated alkanes) is 3. The van der Waals surface area contributed by atoms with E-state index in [1.165, 1.54) is 31.8 Å². The molecule has 0 spiro atoms. The van der Waals surface area contributed by atoms with Crippen LogP contribution in [0.1, 0.15) is 84.5 Å². The highest BCUT2D eigenvalue weighted by atomic mass is 16.4. The van der Waals surface area contributed by atoms with E-state index in [0.29, 0.717) is 11.7 Å². The molecule has 0 amide bonds. The molecule has 1 aliphatic rings. The van der Waals surface area contributed by atoms with Gasteiger partial charge in [-0.25, -0.2) is 4.79 Å². The monoisotopic (exact) mass is 348 g/mol. The SMILES string of the molecule is CCCCC(C)CCC=CC1CCC(=O)C1CCCCC=CC(=O)O. The van der Waals surface area contributed by atoms with E-state index in [9.17, 15) is 9.59 Å². The summed E-state index contributed by atoms with van der Waals surface area (Å²) in [6.45, 7) is 4.58. The molecule has 1 fully saturated rings. The van der Waals surface area contributed by atoms with Gasteiger partial charge in [0, 0.05) is 18.4 Å². The summed E-state index contributed by atoms with van der Waals surface area (Å²) in [5, 5.41) is 8.55. The minimum Gasteiger partial charge on any atom is -0.478 e. The highest BCUT2D eigenvalue weighted by Gasteiger charge is 2.31. The van der Waals surface area contributed by atoms with Crippen LogP contribution in [0.3, 0.4) is 0 Å². The normalized spacial score (nSPS) is 22.2. The molecule has 25 heavy (non-hydrogen) atoms. The van der Waals surface area contributed by atoms with Crippen molar-refractivity contribution >= 4 is 11.8 Å². The smallest absolute Gasteiger partial charge is 0.327 e. The van der Waals surface area contributed by atoms with Crippen molar-refractivity contribution in [1.82, 2.24) is 0 Å². The maximum absolute atomic E-state index is 12.1. The molecule has 0 saturated heterocycles. The molecule has 142 valence electrons. The van der Waals surface area contributed by atoms with Crippen LogP contribution in [0, 0.1) is 17.8 Å². The number of ketones is 1. The predicted octanol–water partition coefficient (Wildman–Crippen LogP) is 5.95. The van der Waals surface area contributed by atoms with Crippen LogP contribution in [-0.4, -0.2) is 16.9 Å². The number of carboxylic acid groups (broad SMARTS) is 1. The second-order valence-electron chi connectivity index (χ2n) is 7.55. The zero-order valence-electron chi connectivity index (χ0n) is 16.1. The molecule has 3 unspecified atom stereocenters. The number of hydrogen-bond acceptors (Lipinski definition) is 2. The fraction of sp³-hybridized carbons (Fsp3) is 0.727. The quantitative estimate of drug-likeness (QED) is 0.254. The van der Waals surface area contributed by atoms with Gasteiger partial charge in [0.1, 0.15) is 5.78 Å². The van der Waals surface area contributed by atoms with Crippen molar-refractivity contribution in [2.45, 2.75) is 84.5 Å². The van der Waals surface area contributed by atoms with Gasteiger partial charge < -0.3 is 5.11 Å². The average molecular weight is 349 g/mol. The molecule has 0 aromatic carbocycles. The molecule has 3 atom stereocenters. The van der Waals surface area contributed by atoms with Crippen LogP contribution in [0.25, 0.3) is 0 Å². The van der Waals surface area contributed by atoms with Crippen molar-refractivity contribution in [1.29, 1.82) is 0 Å². The van der Waals surface area contributed by atoms with Crippen molar-refractivity contribution in [2.24, 2.45) is 17.8 Å². The zero-order chi connectivity index (χ0) is 18.5. The fourth-order valence-electron chi connectivity index (χ4n) is 3.70. The Hall–Kier alpha value is -1.38. The Morgan fingerprint density at radius 1 is 1.20 bits per heavy atom. The van der Waals surface area contributed by atoms with Gasteiger partial charge in [-0.2, -0.15) is 0 Å². The summed E-state index contributed by atoms with van der Waals surface area (Å²) in [6, 6.07) is 0. The van der Waals surface area contributed by atoms with Gasteiger partial charge in [0.25, 0.3) is 0 Å². The summed E-state index contributed by atoms with van der Waals surface area (Å²) in [5.74, 6) is 0.946. The second kappa shape index (κ2) is 12.9. The van der Waals surface area contributed by atoms with Gasteiger partial charge in [0.15, 0.2) is 0 Å². The van der Waals surface area contributed by atoms with E-state index < -0.39 is 5.97 Å². The van der Waals surface area contributed by atoms with Crippen molar-refractivity contribution < 1.29 is 14.7 Å². The highest BCUT2D eigenvalue weighted by Crippen LogP contribution is 2.34. The van der Waals surface area contributed by atoms with Gasteiger partial charge in [0.05, 0.1) is 0 Å². The van der Waals surface area contributed by atoms with E-state index in [0.717, 1.165) is 50.9 Å². The van der Waals surface area contributed by atoms with Crippen LogP contribution in [0.15, 0.2) is 24.3 Å². The Bertz CT molecular complexity index is 450. The highest BCUT2D eigenvalue weighted by molar-refractivity contribution is 5.83. The van der Waals surface area contributed by atoms with Crippen molar-refractivity contribution in [3.8, 4) is 0 Å². The minimum absolute atomic E-state index is 0.192. The third-order valence-corrected chi connectivity index (χ3v) is 5.31. The van der Waals surface area contributed by atoms with E-state index in [-0.39, 0.29) is 5.92 Å². The summed E-state index contributed by atoms with van der Waals surface area (Å²) in [4.78, 5) is 22.5. The Morgan fingerprint density at radius 3 is 2.72 bits per heavy atom. The first-order valence-corrected chi connectivity index (χ1v) is 10.1. The van der Waals surface area contributed by atoms with E-state index >= 15 is 0 Å². The Kier molecular flexibility index (Phi) is 11.2. The average Bonchev–Trinajstić information content (AvgIpc) is 2.92. The largest absolute Gasteiger partial charge is 0.478 e. The first-order chi connectivity index (χ1) is 12.0. The lowest BCUT2D eigenvalue weighted by Gasteiger charge is -2.15. The van der Waals surface area contributed by atoms with E-state index in [4.69, 9.17) is 5.11 Å². The molecule has 3 heteroatoms. The standard InChI is InChI=1S/C22H36O3/c1-3-4-11-18(2)12-9-10-13-19-16-17-21(23)20(19)14-7-5-6-8-15-22(24)25/h8,10,13,15,18-20H,3-7,9,11-12,14,16-17H2,1-2H3,(H,24,25). The molecule has 0 aromatic heterocycles. The maximum atomic E-state index is 12.1. The van der Waals surface area contributed by atoms with Crippen LogP contribution in [0.4, 0.5) is 0 Å². The van der Waals surface area contributed by atoms with Crippen LogP contribution >= 0.6 is 0 Å². The van der Waals surface area contributed by atoms with E-state index in [1.807, 2.05) is 0 Å². The molecular weight excluding hydrogens is 312 g/mol. The van der Waals surface area contributed by atoms with Gasteiger partial charge in [-0.1, -0.05) is 57.8 Å². The van der Waals surface area contributed by atoms with Crippen LogP contribution < -0.4 is 0 Å². The molecule has 0 aliphatic heterocycles. The number of aliphatic carboxylic acids is 1. The number of carbonyl (C=O) groups is 2. The summed E-state index contributed by atoms with van der Waals surface area (Å²) in [7, 11) is 0. The van der Waals surface area contributed by atoms with Crippen LogP contribution in [0.2, 0.25) is 0 Å². The second-order valence-corrected chi connectivity index (χ2v) is 7.55. The maximum Gasteiger partial charge on any atom is 0.327 e. The first kappa shape index (κ1) is 21.7. The molecular formula is C22H36O3. The molecule has 0 bridgehead atoms. The summed E-state index contributed by atoms with van der Waals surface area (Å²) < 4.78 is 0. The zero-order valence-corrected chi connectivity index (χ0v) is 16.1. The molecule has 3 nitrogen and oxygen atoms in total. The third kappa shape index (κ3) is 9.62. The molecule has 0 radical (unpaired) electrons. The molecule has 0 heterocycles. The number of carbonyl (C=O) groups excluding carboxylic acids is 1.